The zero-order chi connectivity index (χ0) is 43.7. The number of nitrogens with one attached hydrogen (secondary N) is 6. The Morgan fingerprint density at radius 3 is 1.52 bits per heavy atom. The Labute approximate surface area is 330 Å². The molecule has 7 atom stereocenters. The lowest BCUT2D eigenvalue weighted by Gasteiger charge is -2.26. The Morgan fingerprint density at radius 1 is 0.603 bits per heavy atom. The van der Waals surface area contributed by atoms with Crippen LogP contribution in [-0.4, -0.2) is 134 Å². The van der Waals surface area contributed by atoms with Gasteiger partial charge >= 0.3 is 5.97 Å². The van der Waals surface area contributed by atoms with Crippen LogP contribution in [-0.2, 0) is 56.0 Å². The minimum atomic E-state index is -1.82. The minimum Gasteiger partial charge on any atom is -0.508 e. The molecule has 23 nitrogen and oxygen atoms in total. The maximum Gasteiger partial charge on any atom is 0.326 e. The topological polar surface area (TPSA) is 405 Å². The van der Waals surface area contributed by atoms with Crippen LogP contribution in [0.3, 0.4) is 0 Å². The molecule has 23 heteroatoms. The van der Waals surface area contributed by atoms with Crippen molar-refractivity contribution in [2.45, 2.75) is 75.0 Å². The second-order valence-corrected chi connectivity index (χ2v) is 13.0. The number of carbonyl (C=O) groups excluding carboxylic acids is 8. The van der Waals surface area contributed by atoms with Crippen molar-refractivity contribution in [2.75, 3.05) is 13.2 Å². The van der Waals surface area contributed by atoms with Crippen LogP contribution in [0.15, 0.2) is 48.5 Å². The minimum absolute atomic E-state index is 0.0185. The summed E-state index contributed by atoms with van der Waals surface area (Å²) in [4.78, 5) is 113. The monoisotopic (exact) mass is 817 g/mol. The summed E-state index contributed by atoms with van der Waals surface area (Å²) in [6, 6.07) is 1.36. The second-order valence-electron chi connectivity index (χ2n) is 13.0. The molecule has 8 amide bonds. The number of hydrogen-bond donors (Lipinski definition) is 14. The number of hydrogen-bond acceptors (Lipinski definition) is 14. The van der Waals surface area contributed by atoms with Gasteiger partial charge < -0.3 is 74.6 Å². The first-order chi connectivity index (χ1) is 27.2. The number of aliphatic hydroxyl groups excluding tert-OH is 2. The highest BCUT2D eigenvalue weighted by atomic mass is 16.4. The van der Waals surface area contributed by atoms with Gasteiger partial charge in [-0.05, 0) is 48.7 Å². The zero-order valence-electron chi connectivity index (χ0n) is 31.0. The standard InChI is InChI=1S/C35H47N9O14/c1-16(46)29(34(56)42-24(35(57)58)11-18-4-8-20(48)9-5-18)44-32(54)23(13-27(38)50)40-28(51)14-39-31(53)22(12-26(37)49)41-33(55)25(15-45)43-30(52)21(36)10-17-2-6-19(47)7-3-17/h2-9,16,21-25,29,45-48H,10-15,36H2,1H3,(H2,37,49)(H2,38,50)(H,39,53)(H,40,51)(H,41,55)(H,42,56)(H,43,52)(H,44,54)(H,57,58)/t16-,21+,22+,23+,24+,25+,29+/m1/s1. The van der Waals surface area contributed by atoms with Crippen molar-refractivity contribution in [2.24, 2.45) is 17.2 Å². The predicted molar refractivity (Wildman–Crippen MR) is 198 cm³/mol. The number of aliphatic carboxylic acids is 1. The van der Waals surface area contributed by atoms with E-state index in [1.807, 2.05) is 0 Å². The molecule has 0 aliphatic rings. The van der Waals surface area contributed by atoms with Gasteiger partial charge in [-0.3, -0.25) is 38.4 Å². The summed E-state index contributed by atoms with van der Waals surface area (Å²) in [6.07, 6.45) is -3.59. The number of carboxylic acid groups (broad SMARTS) is 1. The van der Waals surface area contributed by atoms with Gasteiger partial charge in [0.05, 0.1) is 38.1 Å². The lowest BCUT2D eigenvalue weighted by Crippen LogP contribution is -2.60. The first-order valence-corrected chi connectivity index (χ1v) is 17.4. The SMILES string of the molecule is C[C@@H](O)[C@H](NC(=O)[C@H](CC(N)=O)NC(=O)CNC(=O)[C@H](CC(N)=O)NC(=O)[C@H](CO)NC(=O)[C@@H](N)Cc1ccc(O)cc1)C(=O)N[C@@H](Cc1ccc(O)cc1)C(=O)O. The molecule has 0 spiro atoms. The van der Waals surface area contributed by atoms with Crippen LogP contribution in [0.5, 0.6) is 11.5 Å². The van der Waals surface area contributed by atoms with Gasteiger partial charge in [0.15, 0.2) is 0 Å². The van der Waals surface area contributed by atoms with Crippen molar-refractivity contribution >= 4 is 53.2 Å². The highest BCUT2D eigenvalue weighted by Gasteiger charge is 2.34. The van der Waals surface area contributed by atoms with Crippen molar-refractivity contribution < 1.29 is 68.7 Å². The molecule has 0 unspecified atom stereocenters. The Bertz CT molecular complexity index is 1810. The van der Waals surface area contributed by atoms with Gasteiger partial charge in [-0.2, -0.15) is 0 Å². The Balaban J connectivity index is 2.06. The van der Waals surface area contributed by atoms with Crippen LogP contribution in [0.1, 0.15) is 30.9 Å². The van der Waals surface area contributed by atoms with Gasteiger partial charge in [0.2, 0.25) is 47.3 Å². The predicted octanol–water partition coefficient (Wildman–Crippen LogP) is -6.04. The van der Waals surface area contributed by atoms with Crippen LogP contribution >= 0.6 is 0 Å². The van der Waals surface area contributed by atoms with E-state index in [-0.39, 0.29) is 24.3 Å². The molecule has 316 valence electrons. The lowest BCUT2D eigenvalue weighted by molar-refractivity contribution is -0.143. The number of carbonyl (C=O) groups is 9. The van der Waals surface area contributed by atoms with E-state index < -0.39 is 122 Å². The fraction of sp³-hybridized carbons (Fsp3) is 0.400. The smallest absolute Gasteiger partial charge is 0.326 e. The largest absolute Gasteiger partial charge is 0.508 e. The number of benzene rings is 2. The fourth-order valence-corrected chi connectivity index (χ4v) is 5.07. The van der Waals surface area contributed by atoms with Crippen molar-refractivity contribution in [3.05, 3.63) is 59.7 Å². The number of phenolic OH excluding ortho intramolecular Hbond substituents is 2. The second kappa shape index (κ2) is 22.6. The van der Waals surface area contributed by atoms with E-state index >= 15 is 0 Å². The molecule has 0 fully saturated rings. The molecule has 0 saturated heterocycles. The summed E-state index contributed by atoms with van der Waals surface area (Å²) < 4.78 is 0. The molecule has 17 N–H and O–H groups in total. The van der Waals surface area contributed by atoms with E-state index in [2.05, 4.69) is 31.9 Å². The van der Waals surface area contributed by atoms with E-state index in [0.717, 1.165) is 6.92 Å². The van der Waals surface area contributed by atoms with Gasteiger partial charge in [0, 0.05) is 6.42 Å². The zero-order valence-corrected chi connectivity index (χ0v) is 31.0. The van der Waals surface area contributed by atoms with Crippen LogP contribution in [0.25, 0.3) is 0 Å². The number of rotatable bonds is 23. The molecule has 0 saturated carbocycles. The van der Waals surface area contributed by atoms with E-state index in [1.54, 1.807) is 0 Å². The fourth-order valence-electron chi connectivity index (χ4n) is 5.07. The van der Waals surface area contributed by atoms with Crippen molar-refractivity contribution in [1.82, 2.24) is 31.9 Å². The molecule has 0 aliphatic heterocycles. The van der Waals surface area contributed by atoms with E-state index in [1.165, 1.54) is 48.5 Å². The third-order valence-electron chi connectivity index (χ3n) is 8.12. The highest BCUT2D eigenvalue weighted by molar-refractivity contribution is 5.98. The maximum atomic E-state index is 13.2. The Morgan fingerprint density at radius 2 is 1.05 bits per heavy atom. The summed E-state index contributed by atoms with van der Waals surface area (Å²) in [5.41, 5.74) is 17.3. The number of carboxylic acids is 1. The molecule has 0 radical (unpaired) electrons. The molecule has 2 aromatic carbocycles. The summed E-state index contributed by atoms with van der Waals surface area (Å²) in [6.45, 7) is -0.835. The van der Waals surface area contributed by atoms with Crippen LogP contribution in [0.2, 0.25) is 0 Å². The summed E-state index contributed by atoms with van der Waals surface area (Å²) >= 11 is 0. The summed E-state index contributed by atoms with van der Waals surface area (Å²) in [5, 5.41) is 61.4. The average molecular weight is 818 g/mol. The number of nitrogens with two attached hydrogens (primary N) is 3. The Hall–Kier alpha value is -6.85. The quantitative estimate of drug-likeness (QED) is 0.0496. The normalized spacial score (nSPS) is 14.4. The van der Waals surface area contributed by atoms with Gasteiger partial charge in [0.25, 0.3) is 0 Å². The van der Waals surface area contributed by atoms with E-state index in [9.17, 15) is 68.7 Å². The van der Waals surface area contributed by atoms with Gasteiger partial charge in [-0.1, -0.05) is 24.3 Å². The lowest BCUT2D eigenvalue weighted by atomic mass is 10.0. The van der Waals surface area contributed by atoms with Crippen LogP contribution in [0.4, 0.5) is 0 Å². The summed E-state index contributed by atoms with van der Waals surface area (Å²) in [5.74, 6) is -10.5. The molecule has 0 heterocycles. The number of aliphatic hydroxyl groups is 2. The molecule has 2 aromatic rings. The first-order valence-electron chi connectivity index (χ1n) is 17.4. The van der Waals surface area contributed by atoms with Crippen LogP contribution in [0, 0.1) is 0 Å². The van der Waals surface area contributed by atoms with Crippen LogP contribution < -0.4 is 49.1 Å². The highest BCUT2D eigenvalue weighted by Crippen LogP contribution is 2.13. The molecule has 58 heavy (non-hydrogen) atoms. The number of phenols is 2. The third kappa shape index (κ3) is 16.1. The molecule has 0 aromatic heterocycles. The summed E-state index contributed by atoms with van der Waals surface area (Å²) in [7, 11) is 0. The van der Waals surface area contributed by atoms with Crippen molar-refractivity contribution in [3.8, 4) is 11.5 Å². The number of amides is 8. The molecule has 0 aliphatic carbocycles. The van der Waals surface area contributed by atoms with Gasteiger partial charge in [-0.25, -0.2) is 4.79 Å². The first kappa shape index (κ1) is 47.3. The van der Waals surface area contributed by atoms with Gasteiger partial charge in [-0.15, -0.1) is 0 Å². The van der Waals surface area contributed by atoms with Crippen molar-refractivity contribution in [3.63, 3.8) is 0 Å². The third-order valence-corrected chi connectivity index (χ3v) is 8.12. The molecule has 0 bridgehead atoms. The average Bonchev–Trinajstić information content (AvgIpc) is 3.14. The molecular formula is C35H47N9O14. The Kier molecular flexibility index (Phi) is 18.5. The van der Waals surface area contributed by atoms with Crippen molar-refractivity contribution in [1.29, 1.82) is 0 Å². The molecular weight excluding hydrogens is 770 g/mol. The van der Waals surface area contributed by atoms with Gasteiger partial charge in [0.1, 0.15) is 41.7 Å². The van der Waals surface area contributed by atoms with E-state index in [4.69, 9.17) is 17.2 Å². The molecule has 2 rings (SSSR count). The van der Waals surface area contributed by atoms with E-state index in [0.29, 0.717) is 11.1 Å². The number of aromatic hydroxyl groups is 2. The number of primary amides is 2. The maximum absolute atomic E-state index is 13.2.